The highest BCUT2D eigenvalue weighted by Crippen LogP contribution is 2.10. The number of rotatable bonds is 8. The van der Waals surface area contributed by atoms with E-state index in [2.05, 4.69) is 9.82 Å². The predicted octanol–water partition coefficient (Wildman–Crippen LogP) is 2.20. The standard InChI is InChI=1S/C20H22N4O3S/c1-23(15-17-14-21-24(16-17)18-8-4-2-5-9-18)20(25)12-13-22-28(26,27)19-10-6-3-7-11-19/h2-11,14,16,22H,12-13,15H2,1H3. The Kier molecular flexibility index (Phi) is 6.23. The van der Waals surface area contributed by atoms with Crippen molar-refractivity contribution in [2.75, 3.05) is 13.6 Å². The summed E-state index contributed by atoms with van der Waals surface area (Å²) in [6.07, 6.45) is 3.67. The largest absolute Gasteiger partial charge is 0.341 e. The molecule has 1 N–H and O–H groups in total. The summed E-state index contributed by atoms with van der Waals surface area (Å²) >= 11 is 0. The Morgan fingerprint density at radius 1 is 1.07 bits per heavy atom. The predicted molar refractivity (Wildman–Crippen MR) is 106 cm³/mol. The summed E-state index contributed by atoms with van der Waals surface area (Å²) in [5.74, 6) is -0.150. The summed E-state index contributed by atoms with van der Waals surface area (Å²) in [7, 11) is -1.91. The van der Waals surface area contributed by atoms with E-state index in [1.807, 2.05) is 36.5 Å². The van der Waals surface area contributed by atoms with Crippen molar-refractivity contribution in [1.29, 1.82) is 0 Å². The number of para-hydroxylation sites is 1. The lowest BCUT2D eigenvalue weighted by Gasteiger charge is -2.16. The van der Waals surface area contributed by atoms with Crippen molar-refractivity contribution in [1.82, 2.24) is 19.4 Å². The van der Waals surface area contributed by atoms with Crippen LogP contribution < -0.4 is 4.72 Å². The second-order valence-corrected chi connectivity index (χ2v) is 8.11. The molecular formula is C20H22N4O3S. The first-order valence-electron chi connectivity index (χ1n) is 8.83. The van der Waals surface area contributed by atoms with Crippen LogP contribution >= 0.6 is 0 Å². The van der Waals surface area contributed by atoms with Gasteiger partial charge >= 0.3 is 0 Å². The lowest BCUT2D eigenvalue weighted by atomic mass is 10.3. The molecule has 0 saturated heterocycles. The average molecular weight is 398 g/mol. The van der Waals surface area contributed by atoms with Crippen molar-refractivity contribution in [2.45, 2.75) is 17.9 Å². The zero-order valence-corrected chi connectivity index (χ0v) is 16.3. The van der Waals surface area contributed by atoms with E-state index in [-0.39, 0.29) is 23.8 Å². The zero-order valence-electron chi connectivity index (χ0n) is 15.5. The van der Waals surface area contributed by atoms with Crippen LogP contribution in [0.3, 0.4) is 0 Å². The molecule has 0 aliphatic heterocycles. The van der Waals surface area contributed by atoms with Crippen molar-refractivity contribution in [2.24, 2.45) is 0 Å². The molecule has 0 spiro atoms. The number of aromatic nitrogens is 2. The van der Waals surface area contributed by atoms with Crippen LogP contribution in [0.2, 0.25) is 0 Å². The Morgan fingerprint density at radius 3 is 2.39 bits per heavy atom. The second-order valence-electron chi connectivity index (χ2n) is 6.34. The van der Waals surface area contributed by atoms with Crippen molar-refractivity contribution in [3.8, 4) is 5.69 Å². The first kappa shape index (κ1) is 19.8. The third kappa shape index (κ3) is 5.05. The van der Waals surface area contributed by atoms with Crippen molar-refractivity contribution >= 4 is 15.9 Å². The monoisotopic (exact) mass is 398 g/mol. The van der Waals surface area contributed by atoms with Gasteiger partial charge in [-0.1, -0.05) is 36.4 Å². The molecule has 0 bridgehead atoms. The molecular weight excluding hydrogens is 376 g/mol. The van der Waals surface area contributed by atoms with Gasteiger partial charge in [0.25, 0.3) is 0 Å². The van der Waals surface area contributed by atoms with Gasteiger partial charge in [0.15, 0.2) is 0 Å². The van der Waals surface area contributed by atoms with Crippen LogP contribution in [0.15, 0.2) is 78.0 Å². The smallest absolute Gasteiger partial charge is 0.240 e. The fraction of sp³-hybridized carbons (Fsp3) is 0.200. The Balaban J connectivity index is 1.51. The molecule has 0 atom stereocenters. The van der Waals surface area contributed by atoms with Gasteiger partial charge in [-0.2, -0.15) is 5.10 Å². The quantitative estimate of drug-likeness (QED) is 0.630. The summed E-state index contributed by atoms with van der Waals surface area (Å²) in [5.41, 5.74) is 1.84. The molecule has 8 heteroatoms. The number of carbonyl (C=O) groups is 1. The van der Waals surface area contributed by atoms with Crippen LogP contribution in [0.25, 0.3) is 5.69 Å². The number of nitrogens with one attached hydrogen (secondary N) is 1. The van der Waals surface area contributed by atoms with Gasteiger partial charge in [0.2, 0.25) is 15.9 Å². The first-order valence-corrected chi connectivity index (χ1v) is 10.3. The van der Waals surface area contributed by atoms with Crippen LogP contribution in [0.5, 0.6) is 0 Å². The Hall–Kier alpha value is -2.97. The summed E-state index contributed by atoms with van der Waals surface area (Å²) < 4.78 is 28.5. The summed E-state index contributed by atoms with van der Waals surface area (Å²) in [6.45, 7) is 0.445. The van der Waals surface area contributed by atoms with E-state index in [4.69, 9.17) is 0 Å². The second kappa shape index (κ2) is 8.81. The van der Waals surface area contributed by atoms with Gasteiger partial charge < -0.3 is 4.90 Å². The van der Waals surface area contributed by atoms with Crippen LogP contribution in [-0.2, 0) is 21.4 Å². The summed E-state index contributed by atoms with van der Waals surface area (Å²) in [4.78, 5) is 14.1. The maximum atomic E-state index is 12.3. The SMILES string of the molecule is CN(Cc1cnn(-c2ccccc2)c1)C(=O)CCNS(=O)(=O)c1ccccc1. The minimum atomic E-state index is -3.60. The molecule has 3 rings (SSSR count). The summed E-state index contributed by atoms with van der Waals surface area (Å²) in [6, 6.07) is 17.8. The summed E-state index contributed by atoms with van der Waals surface area (Å²) in [5, 5.41) is 4.31. The first-order chi connectivity index (χ1) is 13.5. The van der Waals surface area contributed by atoms with Crippen molar-refractivity contribution < 1.29 is 13.2 Å². The number of carbonyl (C=O) groups excluding carboxylic acids is 1. The maximum absolute atomic E-state index is 12.3. The molecule has 0 fully saturated rings. The van der Waals surface area contributed by atoms with E-state index in [0.717, 1.165) is 11.3 Å². The topological polar surface area (TPSA) is 84.3 Å². The molecule has 146 valence electrons. The Morgan fingerprint density at radius 2 is 1.71 bits per heavy atom. The number of hydrogen-bond donors (Lipinski definition) is 1. The number of nitrogens with zero attached hydrogens (tertiary/aromatic N) is 3. The maximum Gasteiger partial charge on any atom is 0.240 e. The molecule has 0 unspecified atom stereocenters. The van der Waals surface area contributed by atoms with Gasteiger partial charge in [-0.3, -0.25) is 4.79 Å². The van der Waals surface area contributed by atoms with Gasteiger partial charge in [-0.15, -0.1) is 0 Å². The molecule has 7 nitrogen and oxygen atoms in total. The Labute approximate surface area is 164 Å². The van der Waals surface area contributed by atoms with Crippen LogP contribution in [0.4, 0.5) is 0 Å². The van der Waals surface area contributed by atoms with Gasteiger partial charge in [0.05, 0.1) is 16.8 Å². The minimum Gasteiger partial charge on any atom is -0.341 e. The number of sulfonamides is 1. The lowest BCUT2D eigenvalue weighted by Crippen LogP contribution is -2.31. The molecule has 0 saturated carbocycles. The fourth-order valence-corrected chi connectivity index (χ4v) is 3.74. The third-order valence-corrected chi connectivity index (χ3v) is 5.66. The molecule has 3 aromatic rings. The molecule has 1 amide bonds. The van der Waals surface area contributed by atoms with Gasteiger partial charge in [0, 0.05) is 38.3 Å². The molecule has 2 aromatic carbocycles. The average Bonchev–Trinajstić information content (AvgIpc) is 3.17. The van der Waals surface area contributed by atoms with E-state index in [1.165, 1.54) is 12.1 Å². The number of benzene rings is 2. The van der Waals surface area contributed by atoms with Crippen molar-refractivity contribution in [3.05, 3.63) is 78.6 Å². The highest BCUT2D eigenvalue weighted by molar-refractivity contribution is 7.89. The van der Waals surface area contributed by atoms with Gasteiger partial charge in [0.1, 0.15) is 0 Å². The van der Waals surface area contributed by atoms with Crippen LogP contribution in [-0.4, -0.2) is 42.6 Å². The fourth-order valence-electron chi connectivity index (χ4n) is 2.69. The number of amides is 1. The van der Waals surface area contributed by atoms with Crippen molar-refractivity contribution in [3.63, 3.8) is 0 Å². The lowest BCUT2D eigenvalue weighted by molar-refractivity contribution is -0.130. The minimum absolute atomic E-state index is 0.0453. The highest BCUT2D eigenvalue weighted by Gasteiger charge is 2.15. The van der Waals surface area contributed by atoms with E-state index in [0.29, 0.717) is 6.54 Å². The van der Waals surface area contributed by atoms with E-state index in [1.54, 1.807) is 41.0 Å². The molecule has 0 aliphatic rings. The van der Waals surface area contributed by atoms with Crippen LogP contribution in [0, 0.1) is 0 Å². The van der Waals surface area contributed by atoms with E-state index >= 15 is 0 Å². The normalized spacial score (nSPS) is 11.3. The molecule has 1 heterocycles. The Bertz CT molecular complexity index is 1020. The zero-order chi connectivity index (χ0) is 20.0. The molecule has 0 aliphatic carbocycles. The number of hydrogen-bond acceptors (Lipinski definition) is 4. The molecule has 1 aromatic heterocycles. The highest BCUT2D eigenvalue weighted by atomic mass is 32.2. The van der Waals surface area contributed by atoms with Crippen LogP contribution in [0.1, 0.15) is 12.0 Å². The third-order valence-electron chi connectivity index (χ3n) is 4.19. The van der Waals surface area contributed by atoms with E-state index in [9.17, 15) is 13.2 Å². The molecule has 0 radical (unpaired) electrons. The van der Waals surface area contributed by atoms with Gasteiger partial charge in [-0.05, 0) is 24.3 Å². The van der Waals surface area contributed by atoms with Gasteiger partial charge in [-0.25, -0.2) is 17.8 Å². The molecule has 28 heavy (non-hydrogen) atoms. The van der Waals surface area contributed by atoms with E-state index < -0.39 is 10.0 Å².